The van der Waals surface area contributed by atoms with Crippen LogP contribution in [0, 0.1) is 0 Å². The minimum atomic E-state index is -1.12. The number of carbonyl (C=O) groups excluding carboxylic acids is 1. The highest BCUT2D eigenvalue weighted by Crippen LogP contribution is 2.11. The first-order valence-electron chi connectivity index (χ1n) is 6.61. The van der Waals surface area contributed by atoms with Crippen molar-refractivity contribution in [3.63, 3.8) is 0 Å². The SMILES string of the molecule is C=CCC(C)NC(=O)NC(Cc1ccc(O)cc1)C(=O)O. The van der Waals surface area contributed by atoms with E-state index in [-0.39, 0.29) is 18.2 Å². The monoisotopic (exact) mass is 292 g/mol. The minimum Gasteiger partial charge on any atom is -0.508 e. The fourth-order valence-corrected chi connectivity index (χ4v) is 1.80. The second-order valence-electron chi connectivity index (χ2n) is 4.80. The van der Waals surface area contributed by atoms with Crippen LogP contribution >= 0.6 is 0 Å². The Morgan fingerprint density at radius 1 is 1.29 bits per heavy atom. The number of benzene rings is 1. The zero-order valence-corrected chi connectivity index (χ0v) is 11.9. The molecule has 0 saturated heterocycles. The number of aliphatic carboxylic acids is 1. The summed E-state index contributed by atoms with van der Waals surface area (Å²) in [6.45, 7) is 5.38. The average Bonchev–Trinajstić information content (AvgIpc) is 2.40. The topological polar surface area (TPSA) is 98.7 Å². The van der Waals surface area contributed by atoms with Gasteiger partial charge in [-0.1, -0.05) is 18.2 Å². The molecule has 6 nitrogen and oxygen atoms in total. The Bertz CT molecular complexity index is 499. The van der Waals surface area contributed by atoms with Crippen molar-refractivity contribution in [1.29, 1.82) is 0 Å². The van der Waals surface area contributed by atoms with Gasteiger partial charge in [0.05, 0.1) is 0 Å². The van der Waals surface area contributed by atoms with E-state index in [1.54, 1.807) is 25.1 Å². The number of nitrogens with one attached hydrogen (secondary N) is 2. The van der Waals surface area contributed by atoms with Gasteiger partial charge < -0.3 is 20.8 Å². The van der Waals surface area contributed by atoms with Crippen molar-refractivity contribution >= 4 is 12.0 Å². The Hall–Kier alpha value is -2.50. The van der Waals surface area contributed by atoms with Gasteiger partial charge in [-0.2, -0.15) is 0 Å². The van der Waals surface area contributed by atoms with E-state index in [1.807, 2.05) is 0 Å². The van der Waals surface area contributed by atoms with Gasteiger partial charge in [-0.25, -0.2) is 9.59 Å². The molecule has 0 aromatic heterocycles. The Kier molecular flexibility index (Phi) is 6.26. The summed E-state index contributed by atoms with van der Waals surface area (Å²) in [6, 6.07) is 4.49. The molecule has 0 spiro atoms. The van der Waals surface area contributed by atoms with Crippen molar-refractivity contribution in [3.05, 3.63) is 42.5 Å². The number of hydrogen-bond acceptors (Lipinski definition) is 3. The fraction of sp³-hybridized carbons (Fsp3) is 0.333. The van der Waals surface area contributed by atoms with Gasteiger partial charge in [0.1, 0.15) is 11.8 Å². The Balaban J connectivity index is 2.61. The molecular formula is C15H20N2O4. The predicted octanol–water partition coefficient (Wildman–Crippen LogP) is 1.65. The Labute approximate surface area is 123 Å². The van der Waals surface area contributed by atoms with Crippen LogP contribution in [0.2, 0.25) is 0 Å². The van der Waals surface area contributed by atoms with Crippen LogP contribution in [0.15, 0.2) is 36.9 Å². The normalized spacial score (nSPS) is 13.0. The van der Waals surface area contributed by atoms with Gasteiger partial charge in [-0.05, 0) is 31.0 Å². The number of carboxylic acid groups (broad SMARTS) is 1. The number of urea groups is 1. The lowest BCUT2D eigenvalue weighted by Gasteiger charge is -2.17. The van der Waals surface area contributed by atoms with Crippen molar-refractivity contribution in [3.8, 4) is 5.75 Å². The number of phenolic OH excluding ortho intramolecular Hbond substituents is 1. The van der Waals surface area contributed by atoms with E-state index in [4.69, 9.17) is 5.11 Å². The summed E-state index contributed by atoms with van der Waals surface area (Å²) in [4.78, 5) is 22.9. The maximum atomic E-state index is 11.7. The lowest BCUT2D eigenvalue weighted by atomic mass is 10.1. The molecule has 1 aromatic carbocycles. The molecule has 4 N–H and O–H groups in total. The van der Waals surface area contributed by atoms with Crippen LogP contribution in [-0.2, 0) is 11.2 Å². The first-order valence-corrected chi connectivity index (χ1v) is 6.61. The quantitative estimate of drug-likeness (QED) is 0.574. The number of amides is 2. The molecular weight excluding hydrogens is 272 g/mol. The lowest BCUT2D eigenvalue weighted by Crippen LogP contribution is -2.49. The second kappa shape index (κ2) is 7.94. The maximum Gasteiger partial charge on any atom is 0.326 e. The van der Waals surface area contributed by atoms with E-state index in [0.717, 1.165) is 0 Å². The first kappa shape index (κ1) is 16.6. The maximum absolute atomic E-state index is 11.7. The molecule has 21 heavy (non-hydrogen) atoms. The van der Waals surface area contributed by atoms with E-state index >= 15 is 0 Å². The molecule has 2 amide bonds. The van der Waals surface area contributed by atoms with Crippen molar-refractivity contribution < 1.29 is 19.8 Å². The molecule has 6 heteroatoms. The number of aromatic hydroxyl groups is 1. The molecule has 1 aromatic rings. The summed E-state index contributed by atoms with van der Waals surface area (Å²) in [5.74, 6) is -1.01. The molecule has 2 atom stereocenters. The van der Waals surface area contributed by atoms with Crippen LogP contribution in [0.5, 0.6) is 5.75 Å². The van der Waals surface area contributed by atoms with Crippen molar-refractivity contribution in [2.45, 2.75) is 31.8 Å². The largest absolute Gasteiger partial charge is 0.508 e. The zero-order valence-electron chi connectivity index (χ0n) is 11.9. The zero-order chi connectivity index (χ0) is 15.8. The van der Waals surface area contributed by atoms with Gasteiger partial charge in [-0.3, -0.25) is 0 Å². The summed E-state index contributed by atoms with van der Waals surface area (Å²) < 4.78 is 0. The fourth-order valence-electron chi connectivity index (χ4n) is 1.80. The highest BCUT2D eigenvalue weighted by molar-refractivity contribution is 5.82. The van der Waals surface area contributed by atoms with Gasteiger partial charge in [0.2, 0.25) is 0 Å². The molecule has 0 aliphatic heterocycles. The number of hydrogen-bond donors (Lipinski definition) is 4. The van der Waals surface area contributed by atoms with Crippen LogP contribution in [0.3, 0.4) is 0 Å². The van der Waals surface area contributed by atoms with Gasteiger partial charge >= 0.3 is 12.0 Å². The number of carbonyl (C=O) groups is 2. The Morgan fingerprint density at radius 2 is 1.90 bits per heavy atom. The van der Waals surface area contributed by atoms with E-state index in [2.05, 4.69) is 17.2 Å². The molecule has 114 valence electrons. The van der Waals surface area contributed by atoms with Crippen LogP contribution in [-0.4, -0.2) is 34.3 Å². The van der Waals surface area contributed by atoms with Crippen LogP contribution in [0.25, 0.3) is 0 Å². The highest BCUT2D eigenvalue weighted by Gasteiger charge is 2.20. The molecule has 1 rings (SSSR count). The summed E-state index contributed by atoms with van der Waals surface area (Å²) in [6.07, 6.45) is 2.41. The van der Waals surface area contributed by atoms with Crippen molar-refractivity contribution in [2.75, 3.05) is 0 Å². The average molecular weight is 292 g/mol. The number of carboxylic acids is 1. The minimum absolute atomic E-state index is 0.106. The summed E-state index contributed by atoms with van der Waals surface area (Å²) in [7, 11) is 0. The van der Waals surface area contributed by atoms with Crippen molar-refractivity contribution in [2.24, 2.45) is 0 Å². The smallest absolute Gasteiger partial charge is 0.326 e. The summed E-state index contributed by atoms with van der Waals surface area (Å²) in [5.41, 5.74) is 0.708. The predicted molar refractivity (Wildman–Crippen MR) is 79.2 cm³/mol. The summed E-state index contributed by atoms with van der Waals surface area (Å²) >= 11 is 0. The molecule has 0 aliphatic carbocycles. The van der Waals surface area contributed by atoms with Crippen LogP contribution in [0.1, 0.15) is 18.9 Å². The van der Waals surface area contributed by atoms with Crippen LogP contribution in [0.4, 0.5) is 4.79 Å². The van der Waals surface area contributed by atoms with E-state index in [1.165, 1.54) is 12.1 Å². The van der Waals surface area contributed by atoms with Gasteiger partial charge in [0, 0.05) is 12.5 Å². The van der Waals surface area contributed by atoms with Gasteiger partial charge in [0.25, 0.3) is 0 Å². The first-order chi connectivity index (χ1) is 9.92. The third-order valence-corrected chi connectivity index (χ3v) is 2.88. The van der Waals surface area contributed by atoms with Gasteiger partial charge in [0.15, 0.2) is 0 Å². The van der Waals surface area contributed by atoms with E-state index in [0.29, 0.717) is 12.0 Å². The molecule has 0 radical (unpaired) electrons. The van der Waals surface area contributed by atoms with Crippen LogP contribution < -0.4 is 10.6 Å². The number of phenols is 1. The molecule has 0 bridgehead atoms. The van der Waals surface area contributed by atoms with E-state index < -0.39 is 18.0 Å². The molecule has 0 heterocycles. The van der Waals surface area contributed by atoms with E-state index in [9.17, 15) is 14.7 Å². The second-order valence-corrected chi connectivity index (χ2v) is 4.80. The lowest BCUT2D eigenvalue weighted by molar-refractivity contribution is -0.139. The van der Waals surface area contributed by atoms with Gasteiger partial charge in [-0.15, -0.1) is 6.58 Å². The highest BCUT2D eigenvalue weighted by atomic mass is 16.4. The third kappa shape index (κ3) is 5.99. The summed E-state index contributed by atoms with van der Waals surface area (Å²) in [5, 5.41) is 23.4. The molecule has 2 unspecified atom stereocenters. The molecule has 0 aliphatic rings. The molecule has 0 saturated carbocycles. The standard InChI is InChI=1S/C15H20N2O4/c1-3-4-10(2)16-15(21)17-13(14(19)20)9-11-5-7-12(18)8-6-11/h3,5-8,10,13,18H,1,4,9H2,2H3,(H,19,20)(H2,16,17,21). The third-order valence-electron chi connectivity index (χ3n) is 2.88. The number of rotatable bonds is 7. The molecule has 0 fully saturated rings. The Morgan fingerprint density at radius 3 is 2.43 bits per heavy atom. The van der Waals surface area contributed by atoms with Crippen molar-refractivity contribution in [1.82, 2.24) is 10.6 Å².